The second-order valence-corrected chi connectivity index (χ2v) is 5.21. The maximum Gasteiger partial charge on any atom is 0.418 e. The summed E-state index contributed by atoms with van der Waals surface area (Å²) in [6.07, 6.45) is -4.56. The highest BCUT2D eigenvalue weighted by atomic mass is 35.5. The normalized spacial score (nSPS) is 11.1. The van der Waals surface area contributed by atoms with Gasteiger partial charge in [0.25, 0.3) is 0 Å². The molecule has 0 bridgehead atoms. The van der Waals surface area contributed by atoms with Crippen LogP contribution in [0.1, 0.15) is 5.56 Å². The van der Waals surface area contributed by atoms with Crippen molar-refractivity contribution < 1.29 is 27.9 Å². The van der Waals surface area contributed by atoms with E-state index in [1.165, 1.54) is 0 Å². The van der Waals surface area contributed by atoms with Crippen molar-refractivity contribution in [2.24, 2.45) is 0 Å². The van der Waals surface area contributed by atoms with Crippen molar-refractivity contribution in [3.63, 3.8) is 0 Å². The number of nitro groups is 3. The Kier molecular flexibility index (Phi) is 5.17. The van der Waals surface area contributed by atoms with Gasteiger partial charge in [-0.2, -0.15) is 13.2 Å². The number of alkyl halides is 3. The number of aromatic nitrogens is 2. The third kappa shape index (κ3) is 3.65. The summed E-state index contributed by atoms with van der Waals surface area (Å²) in [5.41, 5.74) is -1.65. The van der Waals surface area contributed by atoms with Gasteiger partial charge >= 0.3 is 23.2 Å². The van der Waals surface area contributed by atoms with Crippen LogP contribution in [0.4, 0.5) is 47.6 Å². The van der Waals surface area contributed by atoms with Gasteiger partial charge in [-0.1, -0.05) is 11.6 Å². The fourth-order valence-corrected chi connectivity index (χ4v) is 2.38. The molecule has 1 aromatic heterocycles. The summed E-state index contributed by atoms with van der Waals surface area (Å²) in [6, 6.07) is -0.0476. The van der Waals surface area contributed by atoms with Crippen molar-refractivity contribution in [1.82, 2.24) is 9.97 Å². The number of anilines is 3. The van der Waals surface area contributed by atoms with Crippen molar-refractivity contribution in [3.8, 4) is 0 Å². The zero-order chi connectivity index (χ0) is 21.4. The minimum Gasteiger partial charge on any atom is -0.378 e. The molecule has 3 N–H and O–H groups in total. The number of halogens is 4. The van der Waals surface area contributed by atoms with Gasteiger partial charge in [0.15, 0.2) is 5.69 Å². The second kappa shape index (κ2) is 7.06. The van der Waals surface area contributed by atoms with Gasteiger partial charge in [-0.3, -0.25) is 30.3 Å². The molecule has 148 valence electrons. The molecule has 0 aliphatic rings. The molecule has 0 amide bonds. The molecule has 0 radical (unpaired) electrons. The predicted octanol–water partition coefficient (Wildman–Crippen LogP) is 3.20. The molecule has 0 saturated carbocycles. The SMILES string of the molecule is Nc1ncnc(Nc2c([N+](=O)[O-])cc(C(F)(F)F)c(Cl)c2[N+](=O)[O-])c1[N+](=O)[O-]. The van der Waals surface area contributed by atoms with E-state index in [4.69, 9.17) is 17.3 Å². The molecule has 2 aromatic rings. The van der Waals surface area contributed by atoms with Crippen LogP contribution in [0.25, 0.3) is 0 Å². The summed E-state index contributed by atoms with van der Waals surface area (Å²) in [4.78, 5) is 36.4. The van der Waals surface area contributed by atoms with E-state index in [-0.39, 0.29) is 6.07 Å². The summed E-state index contributed by atoms with van der Waals surface area (Å²) in [7, 11) is 0. The Balaban J connectivity index is 2.87. The maximum atomic E-state index is 13.0. The second-order valence-electron chi connectivity index (χ2n) is 4.83. The van der Waals surface area contributed by atoms with E-state index in [1.807, 2.05) is 5.32 Å². The molecular weight excluding hydrogens is 419 g/mol. The van der Waals surface area contributed by atoms with E-state index in [1.54, 1.807) is 0 Å². The number of hydrogen-bond acceptors (Lipinski definition) is 10. The number of benzene rings is 1. The molecular formula is C11H5ClF3N7O6. The molecule has 17 heteroatoms. The molecule has 0 fully saturated rings. The van der Waals surface area contributed by atoms with Crippen molar-refractivity contribution in [2.75, 3.05) is 11.1 Å². The molecule has 0 aliphatic carbocycles. The monoisotopic (exact) mass is 423 g/mol. The van der Waals surface area contributed by atoms with Crippen LogP contribution in [0.5, 0.6) is 0 Å². The van der Waals surface area contributed by atoms with E-state index in [0.717, 1.165) is 0 Å². The topological polar surface area (TPSA) is 193 Å². The van der Waals surface area contributed by atoms with Crippen LogP contribution < -0.4 is 11.1 Å². The van der Waals surface area contributed by atoms with Crippen LogP contribution in [-0.2, 0) is 6.18 Å². The number of nitrogens with two attached hydrogens (primary N) is 1. The van der Waals surface area contributed by atoms with Gasteiger partial charge in [-0.15, -0.1) is 0 Å². The van der Waals surface area contributed by atoms with Crippen LogP contribution in [0, 0.1) is 30.3 Å². The lowest BCUT2D eigenvalue weighted by Gasteiger charge is -2.13. The number of nitrogens with zero attached hydrogens (tertiary/aromatic N) is 5. The van der Waals surface area contributed by atoms with Gasteiger partial charge in [0, 0.05) is 6.07 Å². The summed E-state index contributed by atoms with van der Waals surface area (Å²) < 4.78 is 39.1. The van der Waals surface area contributed by atoms with E-state index < -0.39 is 65.9 Å². The Bertz CT molecular complexity index is 1020. The van der Waals surface area contributed by atoms with Crippen LogP contribution in [0.2, 0.25) is 5.02 Å². The Morgan fingerprint density at radius 3 is 2.07 bits per heavy atom. The lowest BCUT2D eigenvalue weighted by molar-refractivity contribution is -0.392. The summed E-state index contributed by atoms with van der Waals surface area (Å²) in [5.74, 6) is -1.54. The van der Waals surface area contributed by atoms with E-state index in [9.17, 15) is 43.5 Å². The van der Waals surface area contributed by atoms with Gasteiger partial charge in [0.1, 0.15) is 11.3 Å². The standard InChI is InChI=1S/C11H5ClF3N7O6/c12-5-3(11(13,14)15)1-4(20(23)24)6(7(5)21(25)26)19-10-8(22(27)28)9(16)17-2-18-10/h1-2H,(H3,16,17,18,19). The first-order valence-corrected chi connectivity index (χ1v) is 6.98. The van der Waals surface area contributed by atoms with Gasteiger partial charge in [0.05, 0.1) is 20.3 Å². The molecule has 2 rings (SSSR count). The molecule has 0 aliphatic heterocycles. The van der Waals surface area contributed by atoms with Crippen LogP contribution in [0.15, 0.2) is 12.4 Å². The van der Waals surface area contributed by atoms with Crippen LogP contribution in [-0.4, -0.2) is 24.7 Å². The average Bonchev–Trinajstić information content (AvgIpc) is 2.52. The van der Waals surface area contributed by atoms with Gasteiger partial charge in [-0.05, 0) is 0 Å². The Hall–Kier alpha value is -3.82. The van der Waals surface area contributed by atoms with Crippen molar-refractivity contribution >= 4 is 46.0 Å². The Morgan fingerprint density at radius 1 is 1.04 bits per heavy atom. The molecule has 0 unspecified atom stereocenters. The van der Waals surface area contributed by atoms with E-state index in [0.29, 0.717) is 6.33 Å². The molecule has 28 heavy (non-hydrogen) atoms. The molecule has 0 atom stereocenters. The minimum absolute atomic E-state index is 0.0476. The third-order valence-electron chi connectivity index (χ3n) is 3.18. The third-order valence-corrected chi connectivity index (χ3v) is 3.56. The lowest BCUT2D eigenvalue weighted by atomic mass is 10.1. The molecule has 1 heterocycles. The zero-order valence-electron chi connectivity index (χ0n) is 12.9. The molecule has 0 spiro atoms. The zero-order valence-corrected chi connectivity index (χ0v) is 13.7. The maximum absolute atomic E-state index is 13.0. The lowest BCUT2D eigenvalue weighted by Crippen LogP contribution is -2.12. The Labute approximate surface area is 155 Å². The summed E-state index contributed by atoms with van der Waals surface area (Å²) in [6.45, 7) is 0. The number of nitrogens with one attached hydrogen (secondary N) is 1. The van der Waals surface area contributed by atoms with Crippen molar-refractivity contribution in [2.45, 2.75) is 6.18 Å². The largest absolute Gasteiger partial charge is 0.418 e. The Morgan fingerprint density at radius 2 is 1.61 bits per heavy atom. The highest BCUT2D eigenvalue weighted by Crippen LogP contribution is 2.48. The van der Waals surface area contributed by atoms with Crippen molar-refractivity contribution in [1.29, 1.82) is 0 Å². The minimum atomic E-state index is -5.25. The van der Waals surface area contributed by atoms with Crippen molar-refractivity contribution in [3.05, 3.63) is 53.3 Å². The first-order valence-electron chi connectivity index (χ1n) is 6.60. The predicted molar refractivity (Wildman–Crippen MR) is 86.1 cm³/mol. The number of nitro benzene ring substituents is 2. The number of nitrogen functional groups attached to an aromatic ring is 1. The summed E-state index contributed by atoms with van der Waals surface area (Å²) >= 11 is 5.45. The highest BCUT2D eigenvalue weighted by molar-refractivity contribution is 6.34. The summed E-state index contributed by atoms with van der Waals surface area (Å²) in [5, 5.41) is 34.0. The highest BCUT2D eigenvalue weighted by Gasteiger charge is 2.42. The van der Waals surface area contributed by atoms with E-state index >= 15 is 0 Å². The molecule has 1 aromatic carbocycles. The molecule has 0 saturated heterocycles. The smallest absolute Gasteiger partial charge is 0.378 e. The van der Waals surface area contributed by atoms with Crippen LogP contribution in [0.3, 0.4) is 0 Å². The fourth-order valence-electron chi connectivity index (χ4n) is 2.06. The van der Waals surface area contributed by atoms with Gasteiger partial charge in [-0.25, -0.2) is 9.97 Å². The van der Waals surface area contributed by atoms with E-state index in [2.05, 4.69) is 9.97 Å². The first kappa shape index (κ1) is 20.5. The quantitative estimate of drug-likeness (QED) is 0.532. The van der Waals surface area contributed by atoms with Gasteiger partial charge < -0.3 is 11.1 Å². The fraction of sp³-hybridized carbons (Fsp3) is 0.0909. The number of rotatable bonds is 5. The number of hydrogen-bond donors (Lipinski definition) is 2. The van der Waals surface area contributed by atoms with Gasteiger partial charge in [0.2, 0.25) is 11.6 Å². The van der Waals surface area contributed by atoms with Crippen LogP contribution >= 0.6 is 11.6 Å². The first-order chi connectivity index (χ1) is 12.9. The average molecular weight is 424 g/mol. The molecule has 13 nitrogen and oxygen atoms in total.